The zero-order valence-corrected chi connectivity index (χ0v) is 7.88. The second-order valence-electron chi connectivity index (χ2n) is 3.57. The van der Waals surface area contributed by atoms with E-state index in [0.717, 1.165) is 19.3 Å². The summed E-state index contributed by atoms with van der Waals surface area (Å²) in [5.41, 5.74) is 0. The normalized spacial score (nSPS) is 23.1. The fraction of sp³-hybridized carbons (Fsp3) is 0.727. The summed E-state index contributed by atoms with van der Waals surface area (Å²) in [4.78, 5) is 11.3. The van der Waals surface area contributed by atoms with Crippen molar-refractivity contribution >= 4 is 5.78 Å². The molecule has 0 aromatic rings. The second-order valence-corrected chi connectivity index (χ2v) is 3.57. The molecule has 1 rings (SSSR count). The molecule has 1 unspecified atom stereocenters. The summed E-state index contributed by atoms with van der Waals surface area (Å²) in [6, 6.07) is 0. The smallest absolute Gasteiger partial charge is 0.158 e. The molecule has 0 bridgehead atoms. The monoisotopic (exact) mass is 166 g/mol. The highest BCUT2D eigenvalue weighted by atomic mass is 16.1. The number of carbonyl (C=O) groups excluding carboxylic acids is 1. The predicted octanol–water partition coefficient (Wildman–Crippen LogP) is 3.10. The van der Waals surface area contributed by atoms with Crippen molar-refractivity contribution in [3.05, 3.63) is 12.2 Å². The van der Waals surface area contributed by atoms with Gasteiger partial charge in [0.2, 0.25) is 0 Å². The van der Waals surface area contributed by atoms with Gasteiger partial charge in [0, 0.05) is 5.92 Å². The Kier molecular flexibility index (Phi) is 4.06. The van der Waals surface area contributed by atoms with E-state index in [1.165, 1.54) is 19.3 Å². The fourth-order valence-corrected chi connectivity index (χ4v) is 1.70. The van der Waals surface area contributed by atoms with Crippen molar-refractivity contribution in [2.45, 2.75) is 45.4 Å². The molecular weight excluding hydrogens is 148 g/mol. The Balaban J connectivity index is 2.22. The lowest BCUT2D eigenvalue weighted by Gasteiger charge is -2.15. The zero-order valence-electron chi connectivity index (χ0n) is 7.88. The molecule has 0 N–H and O–H groups in total. The molecule has 0 aromatic heterocycles. The number of hydrogen-bond acceptors (Lipinski definition) is 1. The third-order valence-electron chi connectivity index (χ3n) is 2.52. The Bertz CT molecular complexity index is 170. The van der Waals surface area contributed by atoms with Gasteiger partial charge in [-0.25, -0.2) is 0 Å². The summed E-state index contributed by atoms with van der Waals surface area (Å²) < 4.78 is 0. The van der Waals surface area contributed by atoms with Crippen LogP contribution in [0.3, 0.4) is 0 Å². The molecule has 1 aliphatic carbocycles. The van der Waals surface area contributed by atoms with E-state index >= 15 is 0 Å². The predicted molar refractivity (Wildman–Crippen MR) is 51.0 cm³/mol. The van der Waals surface area contributed by atoms with Gasteiger partial charge in [0.15, 0.2) is 5.78 Å². The summed E-state index contributed by atoms with van der Waals surface area (Å²) in [5.74, 6) is 0.707. The van der Waals surface area contributed by atoms with Crippen LogP contribution in [-0.4, -0.2) is 5.78 Å². The van der Waals surface area contributed by atoms with Crippen LogP contribution in [0.25, 0.3) is 0 Å². The van der Waals surface area contributed by atoms with Gasteiger partial charge in [-0.1, -0.05) is 32.3 Å². The summed E-state index contributed by atoms with van der Waals surface area (Å²) in [5, 5.41) is 0. The molecule has 1 heteroatoms. The number of unbranched alkanes of at least 4 members (excludes halogenated alkanes) is 2. The Morgan fingerprint density at radius 2 is 2.33 bits per heavy atom. The number of allylic oxidation sites excluding steroid dienone is 2. The fourth-order valence-electron chi connectivity index (χ4n) is 1.70. The molecule has 0 fully saturated rings. The van der Waals surface area contributed by atoms with Gasteiger partial charge in [0.05, 0.1) is 0 Å². The minimum absolute atomic E-state index is 0.349. The van der Waals surface area contributed by atoms with Crippen molar-refractivity contribution in [3.8, 4) is 0 Å². The highest BCUT2D eigenvalue weighted by Crippen LogP contribution is 2.20. The van der Waals surface area contributed by atoms with Crippen LogP contribution in [-0.2, 0) is 4.79 Å². The van der Waals surface area contributed by atoms with Gasteiger partial charge < -0.3 is 0 Å². The third kappa shape index (κ3) is 2.80. The molecule has 0 saturated heterocycles. The van der Waals surface area contributed by atoms with Gasteiger partial charge in [-0.2, -0.15) is 0 Å². The summed E-state index contributed by atoms with van der Waals surface area (Å²) in [6.07, 6.45) is 10.8. The number of rotatable bonds is 4. The maximum atomic E-state index is 11.3. The lowest BCUT2D eigenvalue weighted by atomic mass is 9.88. The summed E-state index contributed by atoms with van der Waals surface area (Å²) in [6.45, 7) is 2.20. The molecule has 1 nitrogen and oxygen atoms in total. The average Bonchev–Trinajstić information content (AvgIpc) is 2.09. The van der Waals surface area contributed by atoms with Gasteiger partial charge >= 0.3 is 0 Å². The quantitative estimate of drug-likeness (QED) is 0.586. The molecule has 0 saturated carbocycles. The molecule has 12 heavy (non-hydrogen) atoms. The molecule has 0 heterocycles. The first-order chi connectivity index (χ1) is 5.84. The summed E-state index contributed by atoms with van der Waals surface area (Å²) >= 11 is 0. The van der Waals surface area contributed by atoms with Crippen LogP contribution in [0, 0.1) is 5.92 Å². The Labute approximate surface area is 74.9 Å². The number of carbonyl (C=O) groups is 1. The van der Waals surface area contributed by atoms with Crippen molar-refractivity contribution in [1.29, 1.82) is 0 Å². The zero-order chi connectivity index (χ0) is 8.81. The lowest BCUT2D eigenvalue weighted by molar-refractivity contribution is -0.119. The van der Waals surface area contributed by atoms with Crippen LogP contribution in [0.4, 0.5) is 0 Å². The van der Waals surface area contributed by atoms with Crippen LogP contribution in [0.2, 0.25) is 0 Å². The molecule has 0 aliphatic heterocycles. The number of ketones is 1. The first-order valence-corrected chi connectivity index (χ1v) is 5.05. The van der Waals surface area contributed by atoms with Gasteiger partial charge in [-0.3, -0.25) is 4.79 Å². The number of hydrogen-bond donors (Lipinski definition) is 0. The van der Waals surface area contributed by atoms with E-state index in [9.17, 15) is 4.79 Å². The van der Waals surface area contributed by atoms with Crippen LogP contribution in [0.15, 0.2) is 12.2 Å². The highest BCUT2D eigenvalue weighted by molar-refractivity contribution is 5.92. The van der Waals surface area contributed by atoms with Crippen molar-refractivity contribution in [3.63, 3.8) is 0 Å². The third-order valence-corrected chi connectivity index (χ3v) is 2.52. The maximum absolute atomic E-state index is 11.3. The highest BCUT2D eigenvalue weighted by Gasteiger charge is 2.17. The molecule has 0 spiro atoms. The maximum Gasteiger partial charge on any atom is 0.158 e. The minimum atomic E-state index is 0.349. The van der Waals surface area contributed by atoms with E-state index in [2.05, 4.69) is 6.92 Å². The van der Waals surface area contributed by atoms with E-state index in [1.54, 1.807) is 6.08 Å². The standard InChI is InChI=1S/C11H18O/c1-2-3-4-7-10-8-5-6-9-11(10)12/h6,9-10H,2-5,7-8H2,1H3. The Morgan fingerprint density at radius 3 is 3.00 bits per heavy atom. The van der Waals surface area contributed by atoms with Gasteiger partial charge in [0.25, 0.3) is 0 Å². The molecule has 1 aliphatic rings. The van der Waals surface area contributed by atoms with E-state index in [1.807, 2.05) is 6.08 Å². The van der Waals surface area contributed by atoms with Gasteiger partial charge in [-0.15, -0.1) is 0 Å². The molecule has 68 valence electrons. The SMILES string of the molecule is CCCCCC1CCC=CC1=O. The first-order valence-electron chi connectivity index (χ1n) is 5.05. The second kappa shape index (κ2) is 5.13. The van der Waals surface area contributed by atoms with Crippen molar-refractivity contribution < 1.29 is 4.79 Å². The molecular formula is C11H18O. The molecule has 0 radical (unpaired) electrons. The van der Waals surface area contributed by atoms with Crippen LogP contribution in [0.1, 0.15) is 45.4 Å². The first kappa shape index (κ1) is 9.50. The van der Waals surface area contributed by atoms with Crippen molar-refractivity contribution in [1.82, 2.24) is 0 Å². The van der Waals surface area contributed by atoms with Crippen LogP contribution >= 0.6 is 0 Å². The molecule has 0 aromatic carbocycles. The van der Waals surface area contributed by atoms with E-state index in [-0.39, 0.29) is 0 Å². The minimum Gasteiger partial charge on any atom is -0.295 e. The van der Waals surface area contributed by atoms with Gasteiger partial charge in [0.1, 0.15) is 0 Å². The Morgan fingerprint density at radius 1 is 1.50 bits per heavy atom. The average molecular weight is 166 g/mol. The summed E-state index contributed by atoms with van der Waals surface area (Å²) in [7, 11) is 0. The van der Waals surface area contributed by atoms with E-state index in [4.69, 9.17) is 0 Å². The topological polar surface area (TPSA) is 17.1 Å². The lowest BCUT2D eigenvalue weighted by Crippen LogP contribution is -2.14. The largest absolute Gasteiger partial charge is 0.295 e. The molecule has 1 atom stereocenters. The Hall–Kier alpha value is -0.590. The van der Waals surface area contributed by atoms with Crippen molar-refractivity contribution in [2.75, 3.05) is 0 Å². The van der Waals surface area contributed by atoms with Crippen molar-refractivity contribution in [2.24, 2.45) is 5.92 Å². The van der Waals surface area contributed by atoms with E-state index in [0.29, 0.717) is 11.7 Å². The molecule has 0 amide bonds. The van der Waals surface area contributed by atoms with Gasteiger partial charge in [-0.05, 0) is 25.3 Å². The van der Waals surface area contributed by atoms with Crippen LogP contribution in [0.5, 0.6) is 0 Å². The van der Waals surface area contributed by atoms with Crippen LogP contribution < -0.4 is 0 Å². The van der Waals surface area contributed by atoms with E-state index < -0.39 is 0 Å².